The van der Waals surface area contributed by atoms with Crippen LogP contribution in [0.25, 0.3) is 0 Å². The summed E-state index contributed by atoms with van der Waals surface area (Å²) >= 11 is 0. The number of benzene rings is 2. The van der Waals surface area contributed by atoms with Crippen molar-refractivity contribution >= 4 is 17.5 Å². The van der Waals surface area contributed by atoms with Crippen LogP contribution in [0.4, 0.5) is 5.69 Å². The molecule has 2 aromatic carbocycles. The second-order valence-corrected chi connectivity index (χ2v) is 12.1. The van der Waals surface area contributed by atoms with Crippen molar-refractivity contribution in [2.75, 3.05) is 37.6 Å². The second kappa shape index (κ2) is 15.8. The van der Waals surface area contributed by atoms with Gasteiger partial charge < -0.3 is 10.2 Å². The third kappa shape index (κ3) is 8.74. The number of hydrogen-bond acceptors (Lipinski definition) is 5. The smallest absolute Gasteiger partial charge is 0.251 e. The summed E-state index contributed by atoms with van der Waals surface area (Å²) in [5.74, 6) is -0.0263. The van der Waals surface area contributed by atoms with Gasteiger partial charge in [-0.15, -0.1) is 0 Å². The van der Waals surface area contributed by atoms with E-state index in [2.05, 4.69) is 50.4 Å². The largest absolute Gasteiger partial charge is 0.350 e. The molecule has 3 aromatic rings. The van der Waals surface area contributed by atoms with Gasteiger partial charge in [0.15, 0.2) is 0 Å². The minimum atomic E-state index is -0.0694. The molecule has 0 bridgehead atoms. The van der Waals surface area contributed by atoms with Gasteiger partial charge >= 0.3 is 0 Å². The molecule has 43 heavy (non-hydrogen) atoms. The van der Waals surface area contributed by atoms with E-state index in [-0.39, 0.29) is 17.9 Å². The molecule has 3 heterocycles. The first kappa shape index (κ1) is 30.9. The number of pyridine rings is 1. The molecule has 0 radical (unpaired) electrons. The number of likely N-dealkylation sites (tertiary alicyclic amines) is 1. The van der Waals surface area contributed by atoms with E-state index in [1.807, 2.05) is 41.4 Å². The fourth-order valence-electron chi connectivity index (χ4n) is 6.56. The highest BCUT2D eigenvalue weighted by atomic mass is 16.2. The van der Waals surface area contributed by atoms with Crippen LogP contribution in [0.15, 0.2) is 73.1 Å². The van der Waals surface area contributed by atoms with Crippen molar-refractivity contribution in [3.05, 3.63) is 95.3 Å². The maximum absolute atomic E-state index is 13.7. The van der Waals surface area contributed by atoms with Crippen LogP contribution in [-0.2, 0) is 17.9 Å². The highest BCUT2D eigenvalue weighted by Crippen LogP contribution is 2.28. The Hall–Kier alpha value is -3.55. The van der Waals surface area contributed by atoms with Crippen molar-refractivity contribution in [1.29, 1.82) is 0 Å². The normalized spacial score (nSPS) is 18.1. The molecule has 1 fully saturated rings. The van der Waals surface area contributed by atoms with Crippen molar-refractivity contribution in [3.63, 3.8) is 0 Å². The van der Waals surface area contributed by atoms with Gasteiger partial charge in [0, 0.05) is 56.7 Å². The van der Waals surface area contributed by atoms with Crippen molar-refractivity contribution in [3.8, 4) is 0 Å². The zero-order valence-corrected chi connectivity index (χ0v) is 25.7. The molecule has 0 saturated carbocycles. The highest BCUT2D eigenvalue weighted by molar-refractivity contribution is 5.97. The summed E-state index contributed by atoms with van der Waals surface area (Å²) in [5, 5.41) is 3.27. The number of nitrogens with zero attached hydrogens (tertiary/aromatic N) is 4. The number of carbonyl (C=O) groups is 2. The molecular weight excluding hydrogens is 534 g/mol. The average Bonchev–Trinajstić information content (AvgIpc) is 3.03. The number of rotatable bonds is 7. The van der Waals surface area contributed by atoms with Crippen LogP contribution >= 0.6 is 0 Å². The van der Waals surface area contributed by atoms with Gasteiger partial charge in [0.1, 0.15) is 0 Å². The lowest BCUT2D eigenvalue weighted by Crippen LogP contribution is -2.40. The van der Waals surface area contributed by atoms with Gasteiger partial charge in [0.2, 0.25) is 5.91 Å². The molecule has 5 rings (SSSR count). The van der Waals surface area contributed by atoms with Gasteiger partial charge in [-0.2, -0.15) is 0 Å². The topological polar surface area (TPSA) is 68.8 Å². The molecule has 1 saturated heterocycles. The monoisotopic (exact) mass is 581 g/mol. The van der Waals surface area contributed by atoms with E-state index in [0.717, 1.165) is 62.3 Å². The number of nitrogens with one attached hydrogen (secondary N) is 1. The van der Waals surface area contributed by atoms with Crippen LogP contribution in [0.2, 0.25) is 0 Å². The molecule has 228 valence electrons. The second-order valence-electron chi connectivity index (χ2n) is 12.1. The Morgan fingerprint density at radius 3 is 2.30 bits per heavy atom. The quantitative estimate of drug-likeness (QED) is 0.352. The Bertz CT molecular complexity index is 1310. The molecule has 2 amide bonds. The first-order valence-corrected chi connectivity index (χ1v) is 16.2. The van der Waals surface area contributed by atoms with Crippen molar-refractivity contribution < 1.29 is 9.59 Å². The summed E-state index contributed by atoms with van der Waals surface area (Å²) in [7, 11) is 0. The van der Waals surface area contributed by atoms with E-state index in [1.165, 1.54) is 37.7 Å². The van der Waals surface area contributed by atoms with Gasteiger partial charge in [-0.3, -0.25) is 24.4 Å². The number of hydrogen-bond donors (Lipinski definition) is 1. The van der Waals surface area contributed by atoms with Gasteiger partial charge in [-0.25, -0.2) is 0 Å². The van der Waals surface area contributed by atoms with Crippen LogP contribution < -0.4 is 10.2 Å². The predicted molar refractivity (Wildman–Crippen MR) is 173 cm³/mol. The molecule has 7 nitrogen and oxygen atoms in total. The standard InChI is InChI=1S/C36H47N5O2/c1-29(42)41-23-12-4-2-3-9-20-39(27-30-14-13-19-37-25-30)28-33-24-32(17-18-34(33)41)36(43)38-26-35(31-15-7-5-8-16-31)40-21-10-6-11-22-40/h5,7-8,13-19,24-25,35H,2-4,6,9-12,20-23,26-28H2,1H3,(H,38,43). The van der Waals surface area contributed by atoms with E-state index in [9.17, 15) is 9.59 Å². The number of anilines is 1. The Labute approximate surface area is 257 Å². The zero-order chi connectivity index (χ0) is 29.9. The third-order valence-electron chi connectivity index (χ3n) is 8.86. The van der Waals surface area contributed by atoms with E-state index >= 15 is 0 Å². The van der Waals surface area contributed by atoms with Crippen molar-refractivity contribution in [2.24, 2.45) is 0 Å². The van der Waals surface area contributed by atoms with Crippen LogP contribution in [-0.4, -0.2) is 59.3 Å². The molecule has 1 N–H and O–H groups in total. The Balaban J connectivity index is 1.39. The van der Waals surface area contributed by atoms with Crippen molar-refractivity contribution in [2.45, 2.75) is 77.4 Å². The van der Waals surface area contributed by atoms with Crippen LogP contribution in [0.5, 0.6) is 0 Å². The molecule has 7 heteroatoms. The Morgan fingerprint density at radius 2 is 1.56 bits per heavy atom. The summed E-state index contributed by atoms with van der Waals surface area (Å²) in [6.45, 7) is 7.42. The highest BCUT2D eigenvalue weighted by Gasteiger charge is 2.24. The number of fused-ring (bicyclic) bond motifs is 1. The summed E-state index contributed by atoms with van der Waals surface area (Å²) in [6, 6.07) is 20.7. The van der Waals surface area contributed by atoms with Crippen LogP contribution in [0.3, 0.4) is 0 Å². The van der Waals surface area contributed by atoms with Gasteiger partial charge in [0.25, 0.3) is 5.91 Å². The first-order valence-electron chi connectivity index (χ1n) is 16.2. The Kier molecular flexibility index (Phi) is 11.3. The fourth-order valence-corrected chi connectivity index (χ4v) is 6.56. The van der Waals surface area contributed by atoms with Gasteiger partial charge in [-0.1, -0.05) is 62.1 Å². The molecule has 0 spiro atoms. The summed E-state index contributed by atoms with van der Waals surface area (Å²) in [4.78, 5) is 37.7. The van der Waals surface area contributed by atoms with Crippen LogP contribution in [0.1, 0.15) is 91.4 Å². The molecule has 1 aromatic heterocycles. The van der Waals surface area contributed by atoms with Gasteiger partial charge in [-0.05, 0) is 86.3 Å². The van der Waals surface area contributed by atoms with E-state index in [0.29, 0.717) is 25.2 Å². The predicted octanol–water partition coefficient (Wildman–Crippen LogP) is 6.36. The molecular formula is C36H47N5O2. The maximum atomic E-state index is 13.7. The number of carbonyl (C=O) groups excluding carboxylic acids is 2. The van der Waals surface area contributed by atoms with E-state index in [1.54, 1.807) is 13.1 Å². The first-order chi connectivity index (χ1) is 21.1. The van der Waals surface area contributed by atoms with Crippen LogP contribution in [0, 0.1) is 0 Å². The lowest BCUT2D eigenvalue weighted by molar-refractivity contribution is -0.116. The van der Waals surface area contributed by atoms with Crippen molar-refractivity contribution in [1.82, 2.24) is 20.1 Å². The number of aromatic nitrogens is 1. The molecule has 2 aliphatic heterocycles. The Morgan fingerprint density at radius 1 is 0.837 bits per heavy atom. The van der Waals surface area contributed by atoms with Gasteiger partial charge in [0.05, 0.1) is 6.04 Å². The minimum absolute atomic E-state index is 0.0431. The SMILES string of the molecule is CC(=O)N1CCCCCCCN(Cc2cccnc2)Cc2cc(C(=O)NCC(c3ccccc3)N3CCCCC3)ccc21. The molecule has 0 aliphatic carbocycles. The zero-order valence-electron chi connectivity index (χ0n) is 25.7. The average molecular weight is 582 g/mol. The molecule has 1 unspecified atom stereocenters. The number of piperidine rings is 1. The lowest BCUT2D eigenvalue weighted by atomic mass is 10.0. The van der Waals surface area contributed by atoms with E-state index < -0.39 is 0 Å². The summed E-state index contributed by atoms with van der Waals surface area (Å²) in [6.07, 6.45) is 13.0. The third-order valence-corrected chi connectivity index (χ3v) is 8.86. The number of amides is 2. The van der Waals surface area contributed by atoms with E-state index in [4.69, 9.17) is 0 Å². The summed E-state index contributed by atoms with van der Waals surface area (Å²) in [5.41, 5.74) is 4.98. The maximum Gasteiger partial charge on any atom is 0.251 e. The molecule has 1 atom stereocenters. The summed E-state index contributed by atoms with van der Waals surface area (Å²) < 4.78 is 0. The molecule has 2 aliphatic rings. The lowest BCUT2D eigenvalue weighted by Gasteiger charge is -2.35. The minimum Gasteiger partial charge on any atom is -0.350 e. The fraction of sp³-hybridized carbons (Fsp3) is 0.472.